The van der Waals surface area contributed by atoms with Crippen molar-refractivity contribution in [3.8, 4) is 0 Å². The van der Waals surface area contributed by atoms with E-state index in [4.69, 9.17) is 9.47 Å². The molecule has 42 heavy (non-hydrogen) atoms. The molecule has 0 amide bonds. The summed E-state index contributed by atoms with van der Waals surface area (Å²) in [5.41, 5.74) is 7.46. The third kappa shape index (κ3) is 5.92. The van der Waals surface area contributed by atoms with E-state index >= 15 is 0 Å². The number of rotatable bonds is 7. The van der Waals surface area contributed by atoms with Gasteiger partial charge in [-0.05, 0) is 76.6 Å². The van der Waals surface area contributed by atoms with Crippen molar-refractivity contribution in [1.29, 1.82) is 0 Å². The van der Waals surface area contributed by atoms with Gasteiger partial charge in [-0.15, -0.1) is 0 Å². The third-order valence-corrected chi connectivity index (χ3v) is 8.07. The predicted molar refractivity (Wildman–Crippen MR) is 168 cm³/mol. The molecule has 0 unspecified atom stereocenters. The highest BCUT2D eigenvalue weighted by Gasteiger charge is 2.38. The van der Waals surface area contributed by atoms with Gasteiger partial charge < -0.3 is 9.47 Å². The van der Waals surface area contributed by atoms with Crippen LogP contribution in [0.3, 0.4) is 0 Å². The maximum atomic E-state index is 13.5. The molecule has 2 atom stereocenters. The number of aryl methyl sites for hydroxylation is 1. The molecule has 5 nitrogen and oxygen atoms in total. The lowest BCUT2D eigenvalue weighted by atomic mass is 9.69. The zero-order chi connectivity index (χ0) is 29.9. The number of carbonyl (C=O) groups excluding carboxylic acids is 2. The molecule has 0 fully saturated rings. The number of aromatic nitrogens is 1. The second-order valence-electron chi connectivity index (χ2n) is 12.2. The van der Waals surface area contributed by atoms with Crippen LogP contribution in [0.1, 0.15) is 80.3 Å². The Morgan fingerprint density at radius 1 is 0.905 bits per heavy atom. The average molecular weight is 564 g/mol. The highest BCUT2D eigenvalue weighted by Crippen LogP contribution is 2.51. The maximum Gasteiger partial charge on any atom is 0.418 e. The van der Waals surface area contributed by atoms with Gasteiger partial charge in [-0.25, -0.2) is 9.36 Å². The summed E-state index contributed by atoms with van der Waals surface area (Å²) in [5.74, 6) is -0.152. The van der Waals surface area contributed by atoms with Gasteiger partial charge in [-0.2, -0.15) is 0 Å². The van der Waals surface area contributed by atoms with Crippen molar-refractivity contribution in [2.75, 3.05) is 13.2 Å². The Morgan fingerprint density at radius 2 is 1.60 bits per heavy atom. The first-order valence-corrected chi connectivity index (χ1v) is 15.0. The van der Waals surface area contributed by atoms with Crippen LogP contribution >= 0.6 is 0 Å². The molecule has 5 heteroatoms. The summed E-state index contributed by atoms with van der Waals surface area (Å²) >= 11 is 0. The van der Waals surface area contributed by atoms with Crippen molar-refractivity contribution in [2.45, 2.75) is 65.7 Å². The van der Waals surface area contributed by atoms with E-state index in [-0.39, 0.29) is 23.9 Å². The fourth-order valence-corrected chi connectivity index (χ4v) is 6.02. The molecule has 0 saturated heterocycles. The maximum absolute atomic E-state index is 13.5. The van der Waals surface area contributed by atoms with Gasteiger partial charge in [0.2, 0.25) is 0 Å². The van der Waals surface area contributed by atoms with Crippen molar-refractivity contribution in [2.24, 2.45) is 5.41 Å². The van der Waals surface area contributed by atoms with Gasteiger partial charge in [-0.1, -0.05) is 90.0 Å². The lowest BCUT2D eigenvalue weighted by Gasteiger charge is -2.35. The summed E-state index contributed by atoms with van der Waals surface area (Å²) in [6.07, 6.45) is 4.22. The van der Waals surface area contributed by atoms with E-state index in [1.54, 1.807) is 4.57 Å². The number of hydrogen-bond donors (Lipinski definition) is 0. The van der Waals surface area contributed by atoms with Gasteiger partial charge in [0, 0.05) is 22.9 Å². The van der Waals surface area contributed by atoms with Gasteiger partial charge in [-0.3, -0.25) is 4.79 Å². The fraction of sp³-hybridized carbons (Fsp3) is 0.351. The standard InChI is InChI=1S/C37H41NO4/c1-6-41-36(40)38-31-18-11-10-17-29(31)34-32(38)24-30(26-21-19-25(2)20-22-26)28(33(34)27-14-8-7-9-15-27)16-12-13-23-42-35(39)37(3,4)5/h7-11,14-22,30,33H,6,12-13,23-24H2,1-5H3/b28-16+/t30-,33-/m1/s1. The van der Waals surface area contributed by atoms with Gasteiger partial charge in [0.1, 0.15) is 0 Å². The van der Waals surface area contributed by atoms with Crippen molar-refractivity contribution in [3.05, 3.63) is 118 Å². The fourth-order valence-electron chi connectivity index (χ4n) is 6.02. The van der Waals surface area contributed by atoms with E-state index in [2.05, 4.69) is 67.6 Å². The van der Waals surface area contributed by atoms with Crippen LogP contribution in [-0.2, 0) is 20.7 Å². The highest BCUT2D eigenvalue weighted by molar-refractivity contribution is 5.95. The van der Waals surface area contributed by atoms with Crippen LogP contribution in [0.2, 0.25) is 0 Å². The first kappa shape index (κ1) is 29.4. The topological polar surface area (TPSA) is 57.5 Å². The van der Waals surface area contributed by atoms with Gasteiger partial charge in [0.25, 0.3) is 0 Å². The van der Waals surface area contributed by atoms with Crippen molar-refractivity contribution >= 4 is 23.0 Å². The minimum atomic E-state index is -0.514. The molecule has 4 aromatic rings. The monoisotopic (exact) mass is 563 g/mol. The Bertz CT molecular complexity index is 1590. The number of para-hydroxylation sites is 1. The van der Waals surface area contributed by atoms with Crippen molar-refractivity contribution in [1.82, 2.24) is 4.57 Å². The Balaban J connectivity index is 1.66. The van der Waals surface area contributed by atoms with E-state index in [1.807, 2.05) is 52.0 Å². The van der Waals surface area contributed by atoms with Gasteiger partial charge in [0.15, 0.2) is 0 Å². The predicted octanol–water partition coefficient (Wildman–Crippen LogP) is 8.72. The number of esters is 1. The van der Waals surface area contributed by atoms with E-state index in [9.17, 15) is 9.59 Å². The highest BCUT2D eigenvalue weighted by atomic mass is 16.5. The number of unbranched alkanes of at least 4 members (excludes halogenated alkanes) is 1. The number of nitrogens with zero attached hydrogens (tertiary/aromatic N) is 1. The van der Waals surface area contributed by atoms with E-state index < -0.39 is 5.41 Å². The number of fused-ring (bicyclic) bond motifs is 3. The van der Waals surface area contributed by atoms with Gasteiger partial charge in [0.05, 0.1) is 24.1 Å². The van der Waals surface area contributed by atoms with Crippen LogP contribution < -0.4 is 0 Å². The minimum Gasteiger partial charge on any atom is -0.465 e. The third-order valence-electron chi connectivity index (χ3n) is 8.07. The number of benzene rings is 3. The Morgan fingerprint density at radius 3 is 2.29 bits per heavy atom. The summed E-state index contributed by atoms with van der Waals surface area (Å²) in [4.78, 5) is 25.8. The van der Waals surface area contributed by atoms with Crippen LogP contribution in [0.15, 0.2) is 90.5 Å². The lowest BCUT2D eigenvalue weighted by molar-refractivity contribution is -0.153. The van der Waals surface area contributed by atoms with E-state index in [1.165, 1.54) is 27.8 Å². The largest absolute Gasteiger partial charge is 0.465 e. The van der Waals surface area contributed by atoms with Crippen LogP contribution in [0.4, 0.5) is 4.79 Å². The van der Waals surface area contributed by atoms with Crippen LogP contribution in [0, 0.1) is 12.3 Å². The first-order chi connectivity index (χ1) is 20.2. The summed E-state index contributed by atoms with van der Waals surface area (Å²) in [5, 5.41) is 1.07. The number of ether oxygens (including phenoxy) is 2. The Kier molecular flexibility index (Phi) is 8.67. The van der Waals surface area contributed by atoms with E-state index in [0.29, 0.717) is 19.6 Å². The number of hydrogen-bond acceptors (Lipinski definition) is 4. The zero-order valence-corrected chi connectivity index (χ0v) is 25.4. The molecule has 1 aromatic heterocycles. The quantitative estimate of drug-likeness (QED) is 0.128. The molecule has 218 valence electrons. The minimum absolute atomic E-state index is 0.0426. The summed E-state index contributed by atoms with van der Waals surface area (Å²) in [6, 6.07) is 27.5. The molecular formula is C37H41NO4. The Labute approximate surface area is 249 Å². The zero-order valence-electron chi connectivity index (χ0n) is 25.4. The molecule has 0 saturated carbocycles. The molecule has 1 heterocycles. The molecular weight excluding hydrogens is 522 g/mol. The second kappa shape index (κ2) is 12.4. The first-order valence-electron chi connectivity index (χ1n) is 15.0. The Hall–Kier alpha value is -4.12. The average Bonchev–Trinajstić information content (AvgIpc) is 3.31. The molecule has 0 spiro atoms. The summed E-state index contributed by atoms with van der Waals surface area (Å²) < 4.78 is 13.0. The molecule has 0 radical (unpaired) electrons. The molecule has 3 aromatic carbocycles. The second-order valence-corrected chi connectivity index (χ2v) is 12.2. The molecule has 1 aliphatic carbocycles. The van der Waals surface area contributed by atoms with Gasteiger partial charge >= 0.3 is 12.1 Å². The smallest absolute Gasteiger partial charge is 0.418 e. The summed E-state index contributed by atoms with van der Waals surface area (Å²) in [7, 11) is 0. The molecule has 1 aliphatic rings. The van der Waals surface area contributed by atoms with Crippen LogP contribution in [0.25, 0.3) is 10.9 Å². The molecule has 0 bridgehead atoms. The normalized spacial score (nSPS) is 17.7. The number of carbonyl (C=O) groups is 2. The SMILES string of the molecule is CCOC(=O)n1c2c(c3ccccc31)[C@H](c1ccccc1)/C(=C/CCCOC(=O)C(C)(C)C)[C@@H](c1ccc(C)cc1)C2. The molecule has 5 rings (SSSR count). The van der Waals surface area contributed by atoms with Crippen molar-refractivity contribution in [3.63, 3.8) is 0 Å². The lowest BCUT2D eigenvalue weighted by Crippen LogP contribution is -2.25. The number of allylic oxidation sites excluding steroid dienone is 2. The van der Waals surface area contributed by atoms with Crippen molar-refractivity contribution < 1.29 is 19.1 Å². The summed E-state index contributed by atoms with van der Waals surface area (Å²) in [6.45, 7) is 10.3. The molecule has 0 N–H and O–H groups in total. The van der Waals surface area contributed by atoms with E-state index in [0.717, 1.165) is 29.4 Å². The van der Waals surface area contributed by atoms with Crippen LogP contribution in [-0.4, -0.2) is 29.8 Å². The van der Waals surface area contributed by atoms with Crippen LogP contribution in [0.5, 0.6) is 0 Å². The molecule has 0 aliphatic heterocycles.